The van der Waals surface area contributed by atoms with Crippen molar-refractivity contribution >= 4 is 45.7 Å². The second-order valence-electron chi connectivity index (χ2n) is 4.08. The number of anilines is 1. The van der Waals surface area contributed by atoms with Crippen LogP contribution in [0.2, 0.25) is 5.02 Å². The number of rotatable bonds is 4. The molecule has 5 nitrogen and oxygen atoms in total. The van der Waals surface area contributed by atoms with Crippen LogP contribution >= 0.6 is 34.7 Å². The number of aromatic nitrogens is 3. The van der Waals surface area contributed by atoms with E-state index in [1.165, 1.54) is 23.1 Å². The van der Waals surface area contributed by atoms with Crippen LogP contribution in [0.15, 0.2) is 57.9 Å². The molecule has 0 aliphatic heterocycles. The SMILES string of the molecule is O=C(Nc1nccs1)c1ccc(Sc2ccccc2Cl)nn1. The van der Waals surface area contributed by atoms with E-state index >= 15 is 0 Å². The number of thiazole rings is 1. The van der Waals surface area contributed by atoms with Gasteiger partial charge in [-0.2, -0.15) is 0 Å². The quantitative estimate of drug-likeness (QED) is 0.772. The molecule has 0 atom stereocenters. The molecule has 0 unspecified atom stereocenters. The lowest BCUT2D eigenvalue weighted by atomic mass is 10.4. The molecule has 3 rings (SSSR count). The first-order valence-corrected chi connectivity index (χ1v) is 8.27. The molecule has 0 fully saturated rings. The molecule has 110 valence electrons. The number of amides is 1. The second kappa shape index (κ2) is 6.87. The summed E-state index contributed by atoms with van der Waals surface area (Å²) in [5, 5.41) is 14.3. The third-order valence-corrected chi connectivity index (χ3v) is 4.71. The maximum Gasteiger partial charge on any atom is 0.277 e. The Bertz CT molecular complexity index is 778. The third-order valence-electron chi connectivity index (χ3n) is 2.58. The monoisotopic (exact) mass is 348 g/mol. The maximum absolute atomic E-state index is 12.0. The Morgan fingerprint density at radius 3 is 2.73 bits per heavy atom. The van der Waals surface area contributed by atoms with E-state index in [4.69, 9.17) is 11.6 Å². The largest absolute Gasteiger partial charge is 0.296 e. The zero-order valence-electron chi connectivity index (χ0n) is 11.1. The van der Waals surface area contributed by atoms with Gasteiger partial charge >= 0.3 is 0 Å². The molecule has 0 radical (unpaired) electrons. The van der Waals surface area contributed by atoms with Crippen LogP contribution in [0.1, 0.15) is 10.5 Å². The van der Waals surface area contributed by atoms with Crippen LogP contribution in [0.25, 0.3) is 0 Å². The van der Waals surface area contributed by atoms with E-state index < -0.39 is 0 Å². The normalized spacial score (nSPS) is 10.4. The van der Waals surface area contributed by atoms with Crippen LogP contribution in [-0.4, -0.2) is 21.1 Å². The van der Waals surface area contributed by atoms with Gasteiger partial charge in [-0.15, -0.1) is 21.5 Å². The lowest BCUT2D eigenvalue weighted by molar-refractivity contribution is 0.102. The Morgan fingerprint density at radius 1 is 1.18 bits per heavy atom. The lowest BCUT2D eigenvalue weighted by Crippen LogP contribution is -2.14. The Balaban J connectivity index is 1.70. The van der Waals surface area contributed by atoms with Gasteiger partial charge in [-0.25, -0.2) is 4.98 Å². The summed E-state index contributed by atoms with van der Waals surface area (Å²) in [6, 6.07) is 10.8. The molecule has 22 heavy (non-hydrogen) atoms. The fourth-order valence-electron chi connectivity index (χ4n) is 1.58. The average Bonchev–Trinajstić information content (AvgIpc) is 3.03. The number of carbonyl (C=O) groups excluding carboxylic acids is 1. The Morgan fingerprint density at radius 2 is 2.05 bits per heavy atom. The van der Waals surface area contributed by atoms with Gasteiger partial charge in [0.25, 0.3) is 5.91 Å². The van der Waals surface area contributed by atoms with Crippen LogP contribution in [0.5, 0.6) is 0 Å². The lowest BCUT2D eigenvalue weighted by Gasteiger charge is -2.03. The molecule has 2 aromatic heterocycles. The van der Waals surface area contributed by atoms with E-state index in [0.717, 1.165) is 4.90 Å². The van der Waals surface area contributed by atoms with Gasteiger partial charge in [0.05, 0.1) is 5.02 Å². The van der Waals surface area contributed by atoms with Crippen molar-refractivity contribution < 1.29 is 4.79 Å². The van der Waals surface area contributed by atoms with E-state index in [9.17, 15) is 4.79 Å². The zero-order valence-corrected chi connectivity index (χ0v) is 13.5. The number of carbonyl (C=O) groups is 1. The summed E-state index contributed by atoms with van der Waals surface area (Å²) in [6.45, 7) is 0. The molecular weight excluding hydrogens is 340 g/mol. The van der Waals surface area contributed by atoms with Crippen molar-refractivity contribution in [3.05, 3.63) is 58.7 Å². The highest BCUT2D eigenvalue weighted by Crippen LogP contribution is 2.31. The number of hydrogen-bond acceptors (Lipinski definition) is 6. The summed E-state index contributed by atoms with van der Waals surface area (Å²) in [7, 11) is 0. The highest BCUT2D eigenvalue weighted by atomic mass is 35.5. The number of halogens is 1. The van der Waals surface area contributed by atoms with E-state index in [2.05, 4.69) is 20.5 Å². The topological polar surface area (TPSA) is 67.8 Å². The number of hydrogen-bond donors (Lipinski definition) is 1. The molecule has 1 aromatic carbocycles. The fraction of sp³-hybridized carbons (Fsp3) is 0. The summed E-state index contributed by atoms with van der Waals surface area (Å²) in [6.07, 6.45) is 1.62. The van der Waals surface area contributed by atoms with E-state index in [-0.39, 0.29) is 11.6 Å². The summed E-state index contributed by atoms with van der Waals surface area (Å²) in [4.78, 5) is 16.8. The molecule has 0 spiro atoms. The first-order chi connectivity index (χ1) is 10.7. The smallest absolute Gasteiger partial charge is 0.277 e. The molecule has 0 bridgehead atoms. The highest BCUT2D eigenvalue weighted by molar-refractivity contribution is 7.99. The summed E-state index contributed by atoms with van der Waals surface area (Å²) >= 11 is 8.83. The molecule has 3 aromatic rings. The van der Waals surface area contributed by atoms with Gasteiger partial charge in [0, 0.05) is 16.5 Å². The molecule has 0 aliphatic rings. The van der Waals surface area contributed by atoms with E-state index in [0.29, 0.717) is 15.2 Å². The molecule has 8 heteroatoms. The summed E-state index contributed by atoms with van der Waals surface area (Å²) in [5.74, 6) is -0.336. The van der Waals surface area contributed by atoms with Crippen molar-refractivity contribution in [2.24, 2.45) is 0 Å². The minimum absolute atomic E-state index is 0.235. The van der Waals surface area contributed by atoms with Crippen molar-refractivity contribution in [1.82, 2.24) is 15.2 Å². The van der Waals surface area contributed by atoms with Crippen molar-refractivity contribution in [2.45, 2.75) is 9.92 Å². The van der Waals surface area contributed by atoms with E-state index in [1.54, 1.807) is 23.7 Å². The third kappa shape index (κ3) is 3.62. The summed E-state index contributed by atoms with van der Waals surface area (Å²) in [5.41, 5.74) is 0.235. The average molecular weight is 349 g/mol. The van der Waals surface area contributed by atoms with Gasteiger partial charge in [-0.05, 0) is 24.3 Å². The minimum atomic E-state index is -0.336. The summed E-state index contributed by atoms with van der Waals surface area (Å²) < 4.78 is 0. The Hall–Kier alpha value is -1.96. The molecule has 0 aliphatic carbocycles. The fourth-order valence-corrected chi connectivity index (χ4v) is 3.11. The van der Waals surface area contributed by atoms with Gasteiger partial charge in [0.1, 0.15) is 5.03 Å². The van der Waals surface area contributed by atoms with Crippen LogP contribution in [-0.2, 0) is 0 Å². The van der Waals surface area contributed by atoms with Gasteiger partial charge < -0.3 is 0 Å². The van der Waals surface area contributed by atoms with Crippen LogP contribution < -0.4 is 5.32 Å². The molecular formula is C14H9ClN4OS2. The van der Waals surface area contributed by atoms with Crippen LogP contribution in [0.3, 0.4) is 0 Å². The predicted molar refractivity (Wildman–Crippen MR) is 87.7 cm³/mol. The molecule has 0 saturated carbocycles. The molecule has 1 amide bonds. The second-order valence-corrected chi connectivity index (χ2v) is 6.44. The van der Waals surface area contributed by atoms with Crippen molar-refractivity contribution in [1.29, 1.82) is 0 Å². The van der Waals surface area contributed by atoms with Crippen molar-refractivity contribution in [3.63, 3.8) is 0 Å². The Kier molecular flexibility index (Phi) is 4.67. The van der Waals surface area contributed by atoms with Gasteiger partial charge in [0.15, 0.2) is 10.8 Å². The first-order valence-electron chi connectivity index (χ1n) is 6.19. The first kappa shape index (κ1) is 15.0. The number of benzene rings is 1. The van der Waals surface area contributed by atoms with E-state index in [1.807, 2.05) is 24.3 Å². The minimum Gasteiger partial charge on any atom is -0.296 e. The standard InChI is InChI=1S/C14H9ClN4OS2/c15-9-3-1-2-4-11(9)22-12-6-5-10(18-19-12)13(20)17-14-16-7-8-21-14/h1-8H,(H,16,17,20). The number of nitrogens with one attached hydrogen (secondary N) is 1. The zero-order chi connectivity index (χ0) is 15.4. The maximum atomic E-state index is 12.0. The van der Waals surface area contributed by atoms with Crippen LogP contribution in [0.4, 0.5) is 5.13 Å². The predicted octanol–water partition coefficient (Wildman–Crippen LogP) is 3.99. The van der Waals surface area contributed by atoms with Gasteiger partial charge in [0.2, 0.25) is 0 Å². The van der Waals surface area contributed by atoms with Crippen LogP contribution in [0, 0.1) is 0 Å². The molecule has 0 saturated heterocycles. The number of nitrogens with zero attached hydrogens (tertiary/aromatic N) is 3. The van der Waals surface area contributed by atoms with Gasteiger partial charge in [-0.1, -0.05) is 35.5 Å². The van der Waals surface area contributed by atoms with Crippen molar-refractivity contribution in [3.8, 4) is 0 Å². The molecule has 1 N–H and O–H groups in total. The Labute approximate surface area is 139 Å². The van der Waals surface area contributed by atoms with Gasteiger partial charge in [-0.3, -0.25) is 10.1 Å². The van der Waals surface area contributed by atoms with Crippen molar-refractivity contribution in [2.75, 3.05) is 5.32 Å². The molecule has 2 heterocycles. The highest BCUT2D eigenvalue weighted by Gasteiger charge is 2.11.